The van der Waals surface area contributed by atoms with E-state index in [1.807, 2.05) is 30.3 Å². The third kappa shape index (κ3) is 5.01. The van der Waals surface area contributed by atoms with Gasteiger partial charge < -0.3 is 14.5 Å². The van der Waals surface area contributed by atoms with Crippen LogP contribution in [0.4, 0.5) is 0 Å². The summed E-state index contributed by atoms with van der Waals surface area (Å²) in [4.78, 5) is 0. The van der Waals surface area contributed by atoms with Crippen molar-refractivity contribution in [3.8, 4) is 5.75 Å². The maximum absolute atomic E-state index is 5.55. The van der Waals surface area contributed by atoms with E-state index in [4.69, 9.17) is 9.15 Å². The van der Waals surface area contributed by atoms with Gasteiger partial charge in [0, 0.05) is 0 Å². The van der Waals surface area contributed by atoms with E-state index in [1.165, 1.54) is 0 Å². The van der Waals surface area contributed by atoms with Crippen molar-refractivity contribution in [2.45, 2.75) is 33.4 Å². The third-order valence-electron chi connectivity index (χ3n) is 2.79. The molecule has 0 saturated heterocycles. The van der Waals surface area contributed by atoms with Gasteiger partial charge in [-0.1, -0.05) is 32.0 Å². The van der Waals surface area contributed by atoms with Gasteiger partial charge in [-0.15, -0.1) is 10.2 Å². The van der Waals surface area contributed by atoms with Crippen LogP contribution in [0.1, 0.15) is 32.0 Å². The number of ether oxygens (including phenoxy) is 1. The zero-order valence-corrected chi connectivity index (χ0v) is 12.0. The number of rotatable bonds is 8. The minimum Gasteiger partial charge on any atom is -0.484 e. The number of hydrogen-bond donors (Lipinski definition) is 1. The van der Waals surface area contributed by atoms with Gasteiger partial charge in [-0.25, -0.2) is 0 Å². The van der Waals surface area contributed by atoms with E-state index >= 15 is 0 Å². The first-order valence-electron chi connectivity index (χ1n) is 6.94. The molecule has 20 heavy (non-hydrogen) atoms. The molecule has 0 aliphatic rings. The molecule has 0 spiro atoms. The lowest BCUT2D eigenvalue weighted by molar-refractivity contribution is 0.258. The van der Waals surface area contributed by atoms with Gasteiger partial charge in [-0.2, -0.15) is 0 Å². The van der Waals surface area contributed by atoms with E-state index in [0.29, 0.717) is 30.9 Å². The molecule has 0 saturated carbocycles. The van der Waals surface area contributed by atoms with Crippen LogP contribution in [0.25, 0.3) is 0 Å². The molecule has 0 amide bonds. The van der Waals surface area contributed by atoms with Crippen LogP contribution in [-0.2, 0) is 13.2 Å². The Morgan fingerprint density at radius 1 is 1.15 bits per heavy atom. The lowest BCUT2D eigenvalue weighted by atomic mass is 10.1. The second-order valence-electron chi connectivity index (χ2n) is 5.05. The van der Waals surface area contributed by atoms with Crippen molar-refractivity contribution in [3.05, 3.63) is 42.1 Å². The molecule has 0 aliphatic carbocycles. The minimum atomic E-state index is 0.295. The average Bonchev–Trinajstić information content (AvgIpc) is 2.90. The Bertz CT molecular complexity index is 497. The van der Waals surface area contributed by atoms with Gasteiger partial charge in [0.1, 0.15) is 5.75 Å². The number of para-hydroxylation sites is 1. The van der Waals surface area contributed by atoms with Crippen LogP contribution in [0.3, 0.4) is 0 Å². The van der Waals surface area contributed by atoms with Crippen LogP contribution >= 0.6 is 0 Å². The van der Waals surface area contributed by atoms with Crippen molar-refractivity contribution < 1.29 is 9.15 Å². The molecule has 5 heteroatoms. The molecular weight excluding hydrogens is 254 g/mol. The first-order chi connectivity index (χ1) is 9.74. The highest BCUT2D eigenvalue weighted by atomic mass is 16.5. The molecule has 0 unspecified atom stereocenters. The second-order valence-corrected chi connectivity index (χ2v) is 5.05. The smallest absolute Gasteiger partial charge is 0.253 e. The molecule has 0 bridgehead atoms. The van der Waals surface area contributed by atoms with Crippen LogP contribution in [0.2, 0.25) is 0 Å². The van der Waals surface area contributed by atoms with Gasteiger partial charge in [-0.05, 0) is 31.0 Å². The normalized spacial score (nSPS) is 10.9. The number of hydrogen-bond acceptors (Lipinski definition) is 5. The van der Waals surface area contributed by atoms with Gasteiger partial charge in [0.2, 0.25) is 5.89 Å². The van der Waals surface area contributed by atoms with Crippen LogP contribution in [-0.4, -0.2) is 16.7 Å². The molecule has 0 fully saturated rings. The molecule has 1 aromatic heterocycles. The standard InChI is InChI=1S/C15H21N3O2/c1-12(2)8-9-16-10-14-17-18-15(20-14)11-19-13-6-4-3-5-7-13/h3-7,12,16H,8-11H2,1-2H3. The highest BCUT2D eigenvalue weighted by Crippen LogP contribution is 2.11. The largest absolute Gasteiger partial charge is 0.484 e. The summed E-state index contributed by atoms with van der Waals surface area (Å²) in [7, 11) is 0. The maximum Gasteiger partial charge on any atom is 0.253 e. The molecule has 2 aromatic rings. The lowest BCUT2D eigenvalue weighted by Crippen LogP contribution is -2.16. The number of benzene rings is 1. The predicted molar refractivity (Wildman–Crippen MR) is 76.2 cm³/mol. The molecule has 1 heterocycles. The fourth-order valence-corrected chi connectivity index (χ4v) is 1.67. The average molecular weight is 275 g/mol. The van der Waals surface area contributed by atoms with E-state index in [1.54, 1.807) is 0 Å². The Morgan fingerprint density at radius 2 is 1.90 bits per heavy atom. The minimum absolute atomic E-state index is 0.295. The molecular formula is C15H21N3O2. The Morgan fingerprint density at radius 3 is 2.65 bits per heavy atom. The SMILES string of the molecule is CC(C)CCNCc1nnc(COc2ccccc2)o1. The third-order valence-corrected chi connectivity index (χ3v) is 2.79. The Labute approximate surface area is 119 Å². The summed E-state index contributed by atoms with van der Waals surface area (Å²) in [5.41, 5.74) is 0. The maximum atomic E-state index is 5.55. The lowest BCUT2D eigenvalue weighted by Gasteiger charge is -2.04. The number of nitrogens with one attached hydrogen (secondary N) is 1. The van der Waals surface area contributed by atoms with Crippen molar-refractivity contribution in [2.24, 2.45) is 5.92 Å². The van der Waals surface area contributed by atoms with Gasteiger partial charge in [0.05, 0.1) is 6.54 Å². The van der Waals surface area contributed by atoms with Crippen molar-refractivity contribution in [1.29, 1.82) is 0 Å². The van der Waals surface area contributed by atoms with Crippen LogP contribution in [0.5, 0.6) is 5.75 Å². The number of nitrogens with zero attached hydrogens (tertiary/aromatic N) is 2. The Hall–Kier alpha value is -1.88. The van der Waals surface area contributed by atoms with Crippen molar-refractivity contribution in [1.82, 2.24) is 15.5 Å². The zero-order chi connectivity index (χ0) is 14.2. The van der Waals surface area contributed by atoms with Gasteiger partial charge >= 0.3 is 0 Å². The summed E-state index contributed by atoms with van der Waals surface area (Å²) >= 11 is 0. The summed E-state index contributed by atoms with van der Waals surface area (Å²) in [5.74, 6) is 2.58. The first-order valence-corrected chi connectivity index (χ1v) is 6.94. The van der Waals surface area contributed by atoms with E-state index in [0.717, 1.165) is 18.7 Å². The van der Waals surface area contributed by atoms with Crippen molar-refractivity contribution in [2.75, 3.05) is 6.54 Å². The molecule has 2 rings (SSSR count). The van der Waals surface area contributed by atoms with Gasteiger partial charge in [0.25, 0.3) is 5.89 Å². The van der Waals surface area contributed by atoms with Gasteiger partial charge in [0.15, 0.2) is 6.61 Å². The predicted octanol–water partition coefficient (Wildman–Crippen LogP) is 2.78. The highest BCUT2D eigenvalue weighted by Gasteiger charge is 2.06. The summed E-state index contributed by atoms with van der Waals surface area (Å²) in [5, 5.41) is 11.2. The molecule has 5 nitrogen and oxygen atoms in total. The summed E-state index contributed by atoms with van der Waals surface area (Å²) in [6.07, 6.45) is 1.14. The van der Waals surface area contributed by atoms with E-state index in [9.17, 15) is 0 Å². The van der Waals surface area contributed by atoms with E-state index < -0.39 is 0 Å². The highest BCUT2D eigenvalue weighted by molar-refractivity contribution is 5.20. The summed E-state index contributed by atoms with van der Waals surface area (Å²) in [6, 6.07) is 9.58. The van der Waals surface area contributed by atoms with Crippen LogP contribution in [0, 0.1) is 5.92 Å². The van der Waals surface area contributed by atoms with Crippen molar-refractivity contribution in [3.63, 3.8) is 0 Å². The van der Waals surface area contributed by atoms with Crippen molar-refractivity contribution >= 4 is 0 Å². The molecule has 0 radical (unpaired) electrons. The number of aromatic nitrogens is 2. The summed E-state index contributed by atoms with van der Waals surface area (Å²) < 4.78 is 11.0. The fraction of sp³-hybridized carbons (Fsp3) is 0.467. The second kappa shape index (κ2) is 7.65. The molecule has 0 atom stereocenters. The molecule has 1 N–H and O–H groups in total. The monoisotopic (exact) mass is 275 g/mol. The summed E-state index contributed by atoms with van der Waals surface area (Å²) in [6.45, 7) is 6.25. The van der Waals surface area contributed by atoms with Gasteiger partial charge in [-0.3, -0.25) is 0 Å². The van der Waals surface area contributed by atoms with E-state index in [-0.39, 0.29) is 0 Å². The van der Waals surface area contributed by atoms with E-state index in [2.05, 4.69) is 29.4 Å². The van der Waals surface area contributed by atoms with Crippen LogP contribution < -0.4 is 10.1 Å². The Kier molecular flexibility index (Phi) is 5.55. The fourth-order valence-electron chi connectivity index (χ4n) is 1.67. The van der Waals surface area contributed by atoms with Crippen LogP contribution in [0.15, 0.2) is 34.7 Å². The topological polar surface area (TPSA) is 60.2 Å². The molecule has 0 aliphatic heterocycles. The molecule has 1 aromatic carbocycles. The Balaban J connectivity index is 1.72. The first kappa shape index (κ1) is 14.5. The zero-order valence-electron chi connectivity index (χ0n) is 12.0. The molecule has 108 valence electrons. The quantitative estimate of drug-likeness (QED) is 0.751.